The van der Waals surface area contributed by atoms with Crippen molar-refractivity contribution in [2.45, 2.75) is 13.8 Å². The molecule has 0 aliphatic heterocycles. The highest BCUT2D eigenvalue weighted by atomic mass is 32.1. The van der Waals surface area contributed by atoms with Gasteiger partial charge in [-0.2, -0.15) is 0 Å². The number of carbonyl (C=O) groups is 1. The molecule has 1 heterocycles. The number of thiazole rings is 1. The summed E-state index contributed by atoms with van der Waals surface area (Å²) < 4.78 is 6.33. The van der Waals surface area contributed by atoms with Crippen LogP contribution in [0.25, 0.3) is 10.2 Å². The molecule has 0 aliphatic carbocycles. The number of para-hydroxylation sites is 1. The van der Waals surface area contributed by atoms with E-state index in [9.17, 15) is 4.79 Å². The predicted molar refractivity (Wildman–Crippen MR) is 90.0 cm³/mol. The van der Waals surface area contributed by atoms with Crippen LogP contribution < -0.4 is 10.1 Å². The number of hydrogen-bond donors (Lipinski definition) is 1. The smallest absolute Gasteiger partial charge is 0.261 e. The number of rotatable bonds is 3. The van der Waals surface area contributed by atoms with E-state index in [2.05, 4.69) is 16.4 Å². The third kappa shape index (κ3) is 2.55. The molecule has 0 fully saturated rings. The zero-order valence-electron chi connectivity index (χ0n) is 12.6. The molecule has 1 N–H and O–H groups in total. The first-order chi connectivity index (χ1) is 10.6. The average Bonchev–Trinajstić information content (AvgIpc) is 2.96. The molecule has 0 spiro atoms. The van der Waals surface area contributed by atoms with E-state index in [1.165, 1.54) is 11.3 Å². The number of amides is 1. The topological polar surface area (TPSA) is 51.2 Å². The predicted octanol–water partition coefficient (Wildman–Crippen LogP) is 4.17. The third-order valence-corrected chi connectivity index (χ3v) is 4.62. The van der Waals surface area contributed by atoms with Gasteiger partial charge in [0.05, 0.1) is 22.9 Å². The lowest BCUT2D eigenvalue weighted by atomic mass is 10.1. The Bertz CT molecular complexity index is 816. The van der Waals surface area contributed by atoms with E-state index in [-0.39, 0.29) is 5.91 Å². The van der Waals surface area contributed by atoms with Gasteiger partial charge in [-0.1, -0.05) is 35.6 Å². The highest BCUT2D eigenvalue weighted by Crippen LogP contribution is 2.31. The van der Waals surface area contributed by atoms with Crippen LogP contribution in [-0.4, -0.2) is 18.0 Å². The fraction of sp³-hybridized carbons (Fsp3) is 0.176. The summed E-state index contributed by atoms with van der Waals surface area (Å²) in [7, 11) is 1.55. The molecule has 112 valence electrons. The normalized spacial score (nSPS) is 10.7. The van der Waals surface area contributed by atoms with Crippen molar-refractivity contribution in [2.75, 3.05) is 12.4 Å². The second-order valence-corrected chi connectivity index (χ2v) is 6.05. The van der Waals surface area contributed by atoms with Gasteiger partial charge >= 0.3 is 0 Å². The van der Waals surface area contributed by atoms with Gasteiger partial charge in [0.25, 0.3) is 5.91 Å². The second kappa shape index (κ2) is 5.77. The fourth-order valence-electron chi connectivity index (χ4n) is 2.31. The Balaban J connectivity index is 1.95. The van der Waals surface area contributed by atoms with Gasteiger partial charge in [-0.3, -0.25) is 10.1 Å². The molecule has 22 heavy (non-hydrogen) atoms. The lowest BCUT2D eigenvalue weighted by molar-refractivity contribution is 0.102. The maximum atomic E-state index is 12.4. The van der Waals surface area contributed by atoms with Crippen LogP contribution in [0, 0.1) is 13.8 Å². The highest BCUT2D eigenvalue weighted by molar-refractivity contribution is 7.22. The van der Waals surface area contributed by atoms with Gasteiger partial charge < -0.3 is 4.74 Å². The Kier molecular flexibility index (Phi) is 3.81. The summed E-state index contributed by atoms with van der Waals surface area (Å²) >= 11 is 1.49. The van der Waals surface area contributed by atoms with Gasteiger partial charge in [-0.05, 0) is 37.1 Å². The quantitative estimate of drug-likeness (QED) is 0.789. The van der Waals surface area contributed by atoms with Gasteiger partial charge in [-0.15, -0.1) is 0 Å². The van der Waals surface area contributed by atoms with Gasteiger partial charge in [0.15, 0.2) is 5.13 Å². The summed E-state index contributed by atoms with van der Waals surface area (Å²) in [6.07, 6.45) is 0. The Hall–Kier alpha value is -2.40. The molecule has 0 radical (unpaired) electrons. The Morgan fingerprint density at radius 2 is 1.86 bits per heavy atom. The number of methoxy groups -OCH3 is 1. The molecule has 2 aromatic carbocycles. The molecule has 4 nitrogen and oxygen atoms in total. The number of nitrogens with one attached hydrogen (secondary N) is 1. The zero-order valence-corrected chi connectivity index (χ0v) is 13.5. The zero-order chi connectivity index (χ0) is 15.7. The van der Waals surface area contributed by atoms with Crippen LogP contribution in [-0.2, 0) is 0 Å². The minimum atomic E-state index is -0.216. The molecule has 3 aromatic rings. The van der Waals surface area contributed by atoms with Crippen LogP contribution in [0.3, 0.4) is 0 Å². The summed E-state index contributed by atoms with van der Waals surface area (Å²) in [4.78, 5) is 17.0. The molecule has 0 bridgehead atoms. The Morgan fingerprint density at radius 3 is 2.59 bits per heavy atom. The van der Waals surface area contributed by atoms with E-state index in [0.717, 1.165) is 21.3 Å². The number of nitrogens with zero attached hydrogens (tertiary/aromatic N) is 1. The fourth-order valence-corrected chi connectivity index (χ4v) is 3.32. The molecule has 5 heteroatoms. The number of fused-ring (bicyclic) bond motifs is 1. The van der Waals surface area contributed by atoms with Crippen molar-refractivity contribution in [3.63, 3.8) is 0 Å². The summed E-state index contributed by atoms with van der Waals surface area (Å²) in [6, 6.07) is 11.3. The van der Waals surface area contributed by atoms with Crippen LogP contribution in [0.15, 0.2) is 36.4 Å². The first-order valence-electron chi connectivity index (χ1n) is 6.91. The van der Waals surface area contributed by atoms with Crippen molar-refractivity contribution in [2.24, 2.45) is 0 Å². The maximum Gasteiger partial charge on any atom is 0.261 e. The highest BCUT2D eigenvalue weighted by Gasteiger charge is 2.15. The first-order valence-corrected chi connectivity index (χ1v) is 7.73. The number of carbonyl (C=O) groups excluding carboxylic acids is 1. The van der Waals surface area contributed by atoms with Crippen LogP contribution in [0.2, 0.25) is 0 Å². The van der Waals surface area contributed by atoms with Crippen LogP contribution in [0.4, 0.5) is 5.13 Å². The number of aryl methyl sites for hydroxylation is 2. The van der Waals surface area contributed by atoms with E-state index in [1.807, 2.05) is 32.0 Å². The molecule has 0 saturated heterocycles. The summed E-state index contributed by atoms with van der Waals surface area (Å²) in [5.41, 5.74) is 3.71. The summed E-state index contributed by atoms with van der Waals surface area (Å²) in [5, 5.41) is 3.47. The number of hydrogen-bond acceptors (Lipinski definition) is 4. The minimum absolute atomic E-state index is 0.216. The van der Waals surface area contributed by atoms with E-state index in [0.29, 0.717) is 16.4 Å². The van der Waals surface area contributed by atoms with Crippen molar-refractivity contribution in [1.29, 1.82) is 0 Å². The van der Waals surface area contributed by atoms with E-state index in [1.54, 1.807) is 19.2 Å². The average molecular weight is 312 g/mol. The first kappa shape index (κ1) is 14.5. The van der Waals surface area contributed by atoms with Gasteiger partial charge in [0.2, 0.25) is 0 Å². The van der Waals surface area contributed by atoms with Crippen LogP contribution >= 0.6 is 11.3 Å². The van der Waals surface area contributed by atoms with Crippen molar-refractivity contribution in [3.8, 4) is 5.75 Å². The molecular formula is C17H16N2O2S. The molecule has 3 rings (SSSR count). The molecule has 0 saturated carbocycles. The number of aromatic nitrogens is 1. The number of benzene rings is 2. The maximum absolute atomic E-state index is 12.4. The summed E-state index contributed by atoms with van der Waals surface area (Å²) in [5.74, 6) is 0.334. The molecule has 1 amide bonds. The molecule has 1 aromatic heterocycles. The molecule has 0 aliphatic rings. The third-order valence-electron chi connectivity index (χ3n) is 3.51. The van der Waals surface area contributed by atoms with Crippen molar-refractivity contribution >= 4 is 32.6 Å². The minimum Gasteiger partial charge on any atom is -0.496 e. The Morgan fingerprint density at radius 1 is 1.14 bits per heavy atom. The van der Waals surface area contributed by atoms with E-state index < -0.39 is 0 Å². The van der Waals surface area contributed by atoms with Crippen molar-refractivity contribution < 1.29 is 9.53 Å². The largest absolute Gasteiger partial charge is 0.496 e. The van der Waals surface area contributed by atoms with Crippen molar-refractivity contribution in [3.05, 3.63) is 53.1 Å². The lowest BCUT2D eigenvalue weighted by Crippen LogP contribution is -2.12. The van der Waals surface area contributed by atoms with E-state index >= 15 is 0 Å². The van der Waals surface area contributed by atoms with Crippen molar-refractivity contribution in [1.82, 2.24) is 4.98 Å². The van der Waals surface area contributed by atoms with Gasteiger partial charge in [0.1, 0.15) is 5.75 Å². The lowest BCUT2D eigenvalue weighted by Gasteiger charge is -2.06. The molecule has 0 unspecified atom stereocenters. The molecule has 0 atom stereocenters. The number of ether oxygens (including phenoxy) is 1. The Labute approximate surface area is 132 Å². The summed E-state index contributed by atoms with van der Waals surface area (Å²) in [6.45, 7) is 4.07. The second-order valence-electron chi connectivity index (χ2n) is 5.05. The van der Waals surface area contributed by atoms with Gasteiger partial charge in [-0.25, -0.2) is 4.98 Å². The molecular weight excluding hydrogens is 296 g/mol. The number of anilines is 1. The van der Waals surface area contributed by atoms with Gasteiger partial charge in [0, 0.05) is 0 Å². The monoisotopic (exact) mass is 312 g/mol. The van der Waals surface area contributed by atoms with Crippen LogP contribution in [0.1, 0.15) is 21.5 Å². The van der Waals surface area contributed by atoms with E-state index in [4.69, 9.17) is 4.74 Å². The van der Waals surface area contributed by atoms with Crippen LogP contribution in [0.5, 0.6) is 5.75 Å². The standard InChI is InChI=1S/C17H16N2O2S/c1-10-8-9-11(2)15-14(10)18-17(22-15)19-16(20)12-6-4-5-7-13(12)21-3/h4-9H,1-3H3,(H,18,19,20). The SMILES string of the molecule is COc1ccccc1C(=O)Nc1nc2c(C)ccc(C)c2s1.